The molecule has 1 aliphatic heterocycles. The van der Waals surface area contributed by atoms with Crippen LogP contribution in [0.1, 0.15) is 32.6 Å². The number of carbonyl (C=O) groups is 2. The number of nitrogens with two attached hydrogens (primary N) is 1. The summed E-state index contributed by atoms with van der Waals surface area (Å²) >= 11 is 0. The number of imide groups is 1. The third kappa shape index (κ3) is 1.66. The second-order valence-corrected chi connectivity index (χ2v) is 4.73. The maximum Gasteiger partial charge on any atom is 0.229 e. The lowest BCUT2D eigenvalue weighted by molar-refractivity contribution is -0.150. The van der Waals surface area contributed by atoms with Gasteiger partial charge in [-0.2, -0.15) is 0 Å². The SMILES string of the molecule is CC(N)CN1C(=O)CC2(CC2)CC1=O. The average Bonchev–Trinajstić information content (AvgIpc) is 2.77. The number of amides is 2. The third-order valence-electron chi connectivity index (χ3n) is 3.08. The number of hydrogen-bond acceptors (Lipinski definition) is 3. The van der Waals surface area contributed by atoms with Gasteiger partial charge in [-0.3, -0.25) is 14.5 Å². The van der Waals surface area contributed by atoms with E-state index < -0.39 is 0 Å². The van der Waals surface area contributed by atoms with Gasteiger partial charge in [-0.1, -0.05) is 0 Å². The molecule has 0 aromatic heterocycles. The Morgan fingerprint density at radius 3 is 2.21 bits per heavy atom. The molecule has 4 heteroatoms. The smallest absolute Gasteiger partial charge is 0.229 e. The van der Waals surface area contributed by atoms with Crippen molar-refractivity contribution in [1.82, 2.24) is 4.90 Å². The van der Waals surface area contributed by atoms with Crippen molar-refractivity contribution in [2.24, 2.45) is 11.1 Å². The van der Waals surface area contributed by atoms with Crippen molar-refractivity contribution in [3.05, 3.63) is 0 Å². The summed E-state index contributed by atoms with van der Waals surface area (Å²) in [5.74, 6) is -0.0629. The molecule has 1 saturated heterocycles. The van der Waals surface area contributed by atoms with E-state index in [4.69, 9.17) is 5.73 Å². The zero-order chi connectivity index (χ0) is 10.3. The Balaban J connectivity index is 2.04. The molecule has 0 aromatic carbocycles. The Labute approximate surface area is 83.4 Å². The molecule has 2 aliphatic rings. The summed E-state index contributed by atoms with van der Waals surface area (Å²) in [6, 6.07) is -0.129. The van der Waals surface area contributed by atoms with Crippen molar-refractivity contribution in [1.29, 1.82) is 0 Å². The molecule has 0 radical (unpaired) electrons. The summed E-state index contributed by atoms with van der Waals surface area (Å²) in [5.41, 5.74) is 5.64. The topological polar surface area (TPSA) is 63.4 Å². The van der Waals surface area contributed by atoms with Gasteiger partial charge in [-0.05, 0) is 25.2 Å². The molecule has 78 valence electrons. The van der Waals surface area contributed by atoms with Crippen molar-refractivity contribution >= 4 is 11.8 Å². The molecule has 1 aliphatic carbocycles. The predicted molar refractivity (Wildman–Crippen MR) is 51.3 cm³/mol. The van der Waals surface area contributed by atoms with Crippen LogP contribution in [0.2, 0.25) is 0 Å². The monoisotopic (exact) mass is 196 g/mol. The third-order valence-corrected chi connectivity index (χ3v) is 3.08. The lowest BCUT2D eigenvalue weighted by Crippen LogP contribution is -2.48. The highest BCUT2D eigenvalue weighted by Crippen LogP contribution is 2.54. The molecule has 0 bridgehead atoms. The minimum atomic E-state index is -0.129. The Bertz CT molecular complexity index is 262. The van der Waals surface area contributed by atoms with E-state index in [2.05, 4.69) is 0 Å². The molecule has 1 saturated carbocycles. The van der Waals surface area contributed by atoms with Gasteiger partial charge >= 0.3 is 0 Å². The lowest BCUT2D eigenvalue weighted by Gasteiger charge is -2.30. The maximum atomic E-state index is 11.6. The fourth-order valence-electron chi connectivity index (χ4n) is 2.06. The number of piperidine rings is 1. The van der Waals surface area contributed by atoms with Gasteiger partial charge in [0.25, 0.3) is 0 Å². The van der Waals surface area contributed by atoms with Gasteiger partial charge in [-0.15, -0.1) is 0 Å². The van der Waals surface area contributed by atoms with Crippen LogP contribution in [0, 0.1) is 5.41 Å². The first-order valence-electron chi connectivity index (χ1n) is 5.11. The largest absolute Gasteiger partial charge is 0.326 e. The van der Waals surface area contributed by atoms with Crippen molar-refractivity contribution in [2.45, 2.75) is 38.6 Å². The standard InChI is InChI=1S/C10H16N2O2/c1-7(11)6-12-8(13)4-10(2-3-10)5-9(12)14/h7H,2-6,11H2,1H3. The second kappa shape index (κ2) is 3.05. The van der Waals surface area contributed by atoms with Crippen LogP contribution in [0.5, 0.6) is 0 Å². The Morgan fingerprint density at radius 1 is 1.36 bits per heavy atom. The van der Waals surface area contributed by atoms with E-state index in [1.165, 1.54) is 4.90 Å². The van der Waals surface area contributed by atoms with Crippen molar-refractivity contribution in [2.75, 3.05) is 6.54 Å². The van der Waals surface area contributed by atoms with Crippen LogP contribution in [0.15, 0.2) is 0 Å². The molecule has 1 spiro atoms. The molecule has 0 aromatic rings. The second-order valence-electron chi connectivity index (χ2n) is 4.73. The Hall–Kier alpha value is -0.900. The molecule has 2 fully saturated rings. The molecule has 1 atom stereocenters. The number of hydrogen-bond donors (Lipinski definition) is 1. The van der Waals surface area contributed by atoms with E-state index in [1.54, 1.807) is 0 Å². The molecule has 2 rings (SSSR count). The van der Waals surface area contributed by atoms with E-state index in [9.17, 15) is 9.59 Å². The van der Waals surface area contributed by atoms with Crippen molar-refractivity contribution in [3.63, 3.8) is 0 Å². The first kappa shape index (κ1) is 9.65. The Morgan fingerprint density at radius 2 is 1.86 bits per heavy atom. The first-order valence-corrected chi connectivity index (χ1v) is 5.11. The fraction of sp³-hybridized carbons (Fsp3) is 0.800. The molecule has 1 heterocycles. The first-order chi connectivity index (χ1) is 6.52. The quantitative estimate of drug-likeness (QED) is 0.644. The van der Waals surface area contributed by atoms with Gasteiger partial charge in [0, 0.05) is 25.4 Å². The summed E-state index contributed by atoms with van der Waals surface area (Å²) in [6.07, 6.45) is 3.17. The van der Waals surface area contributed by atoms with Crippen LogP contribution in [0.25, 0.3) is 0 Å². The summed E-state index contributed by atoms with van der Waals surface area (Å²) < 4.78 is 0. The number of carbonyl (C=O) groups excluding carboxylic acids is 2. The van der Waals surface area contributed by atoms with E-state index in [1.807, 2.05) is 6.92 Å². The van der Waals surface area contributed by atoms with Crippen LogP contribution in [0.4, 0.5) is 0 Å². The Kier molecular flexibility index (Phi) is 2.10. The molecular weight excluding hydrogens is 180 g/mol. The van der Waals surface area contributed by atoms with Crippen LogP contribution in [-0.2, 0) is 9.59 Å². The van der Waals surface area contributed by atoms with Gasteiger partial charge in [0.1, 0.15) is 0 Å². The summed E-state index contributed by atoms with van der Waals surface area (Å²) in [4.78, 5) is 24.6. The highest BCUT2D eigenvalue weighted by Gasteiger charge is 2.51. The van der Waals surface area contributed by atoms with Crippen LogP contribution >= 0.6 is 0 Å². The van der Waals surface area contributed by atoms with Crippen LogP contribution < -0.4 is 5.73 Å². The van der Waals surface area contributed by atoms with Gasteiger partial charge in [0.2, 0.25) is 11.8 Å². The normalized spacial score (nSPS) is 26.9. The van der Waals surface area contributed by atoms with Crippen LogP contribution in [-0.4, -0.2) is 29.3 Å². The minimum absolute atomic E-state index is 0.0314. The zero-order valence-electron chi connectivity index (χ0n) is 8.45. The fourth-order valence-corrected chi connectivity index (χ4v) is 2.06. The molecule has 2 N–H and O–H groups in total. The molecular formula is C10H16N2O2. The van der Waals surface area contributed by atoms with E-state index >= 15 is 0 Å². The lowest BCUT2D eigenvalue weighted by atomic mass is 9.92. The van der Waals surface area contributed by atoms with E-state index in [0.717, 1.165) is 12.8 Å². The van der Waals surface area contributed by atoms with Gasteiger partial charge < -0.3 is 5.73 Å². The summed E-state index contributed by atoms with van der Waals surface area (Å²) in [7, 11) is 0. The highest BCUT2D eigenvalue weighted by atomic mass is 16.2. The maximum absolute atomic E-state index is 11.6. The molecule has 1 unspecified atom stereocenters. The average molecular weight is 196 g/mol. The van der Waals surface area contributed by atoms with Crippen molar-refractivity contribution in [3.8, 4) is 0 Å². The van der Waals surface area contributed by atoms with E-state index in [-0.39, 0.29) is 23.3 Å². The number of rotatable bonds is 2. The van der Waals surface area contributed by atoms with Crippen LogP contribution in [0.3, 0.4) is 0 Å². The molecule has 2 amide bonds. The van der Waals surface area contributed by atoms with Gasteiger partial charge in [0.15, 0.2) is 0 Å². The van der Waals surface area contributed by atoms with Crippen molar-refractivity contribution < 1.29 is 9.59 Å². The number of likely N-dealkylation sites (tertiary alicyclic amines) is 1. The molecule has 14 heavy (non-hydrogen) atoms. The predicted octanol–water partition coefficient (Wildman–Crippen LogP) is 0.263. The number of nitrogens with zero attached hydrogens (tertiary/aromatic N) is 1. The van der Waals surface area contributed by atoms with Gasteiger partial charge in [0.05, 0.1) is 0 Å². The summed E-state index contributed by atoms with van der Waals surface area (Å²) in [6.45, 7) is 2.18. The summed E-state index contributed by atoms with van der Waals surface area (Å²) in [5, 5.41) is 0. The minimum Gasteiger partial charge on any atom is -0.326 e. The highest BCUT2D eigenvalue weighted by molar-refractivity contribution is 5.99. The van der Waals surface area contributed by atoms with E-state index in [0.29, 0.717) is 19.4 Å². The zero-order valence-corrected chi connectivity index (χ0v) is 8.45. The molecule has 4 nitrogen and oxygen atoms in total. The van der Waals surface area contributed by atoms with Gasteiger partial charge in [-0.25, -0.2) is 0 Å².